The Hall–Kier alpha value is -0.870. The summed E-state index contributed by atoms with van der Waals surface area (Å²) in [6, 6.07) is 3.66. The van der Waals surface area contributed by atoms with Crippen molar-refractivity contribution in [3.05, 3.63) is 28.8 Å². The van der Waals surface area contributed by atoms with Crippen LogP contribution in [0.2, 0.25) is 0 Å². The average molecular weight is 255 g/mol. The van der Waals surface area contributed by atoms with Gasteiger partial charge in [-0.3, -0.25) is 0 Å². The normalized spacial score (nSPS) is 12.8. The molecule has 3 nitrogen and oxygen atoms in total. The van der Waals surface area contributed by atoms with Crippen LogP contribution in [0.15, 0.2) is 17.0 Å². The zero-order chi connectivity index (χ0) is 13.4. The molecule has 0 amide bonds. The number of hydrogen-bond acceptors (Lipinski definition) is 3. The Bertz CT molecular complexity index is 531. The van der Waals surface area contributed by atoms with E-state index in [0.717, 1.165) is 16.7 Å². The number of benzene rings is 1. The van der Waals surface area contributed by atoms with E-state index >= 15 is 0 Å². The molecule has 0 fully saturated rings. The molecule has 4 heteroatoms. The predicted octanol–water partition coefficient (Wildman–Crippen LogP) is 2.12. The van der Waals surface area contributed by atoms with E-state index in [9.17, 15) is 8.42 Å². The lowest BCUT2D eigenvalue weighted by atomic mass is 10.1. The summed E-state index contributed by atoms with van der Waals surface area (Å²) in [6.07, 6.45) is 0. The van der Waals surface area contributed by atoms with E-state index in [4.69, 9.17) is 5.73 Å². The summed E-state index contributed by atoms with van der Waals surface area (Å²) in [6.45, 7) is 9.16. The van der Waals surface area contributed by atoms with Gasteiger partial charge in [0.1, 0.15) is 0 Å². The molecule has 0 saturated carbocycles. The summed E-state index contributed by atoms with van der Waals surface area (Å²) in [5.74, 6) is 0. The standard InChI is InChI=1S/C13H21NO2S/c1-9-6-11(3)12(7-10(9)2)17(15,16)13(4,5)8-14/h6-7H,8,14H2,1-5H3. The van der Waals surface area contributed by atoms with Gasteiger partial charge in [0.05, 0.1) is 9.64 Å². The fourth-order valence-electron chi connectivity index (χ4n) is 1.63. The highest BCUT2D eigenvalue weighted by atomic mass is 32.2. The SMILES string of the molecule is Cc1cc(C)c(S(=O)(=O)C(C)(C)CN)cc1C. The highest BCUT2D eigenvalue weighted by Gasteiger charge is 2.35. The Morgan fingerprint density at radius 1 is 1.06 bits per heavy atom. The van der Waals surface area contributed by atoms with Crippen molar-refractivity contribution in [2.75, 3.05) is 6.54 Å². The lowest BCUT2D eigenvalue weighted by Crippen LogP contribution is -2.40. The quantitative estimate of drug-likeness (QED) is 0.900. The molecule has 96 valence electrons. The van der Waals surface area contributed by atoms with E-state index in [2.05, 4.69) is 0 Å². The first-order valence-corrected chi connectivity index (χ1v) is 7.14. The van der Waals surface area contributed by atoms with E-state index in [1.54, 1.807) is 19.9 Å². The first-order chi connectivity index (χ1) is 7.63. The summed E-state index contributed by atoms with van der Waals surface area (Å²) in [7, 11) is -3.38. The van der Waals surface area contributed by atoms with Gasteiger partial charge in [0, 0.05) is 6.54 Å². The molecule has 1 aromatic carbocycles. The van der Waals surface area contributed by atoms with Gasteiger partial charge < -0.3 is 5.73 Å². The molecule has 0 aliphatic rings. The van der Waals surface area contributed by atoms with E-state index in [-0.39, 0.29) is 6.54 Å². The number of aryl methyl sites for hydroxylation is 3. The Morgan fingerprint density at radius 2 is 1.53 bits per heavy atom. The Labute approximate surface area is 104 Å². The van der Waals surface area contributed by atoms with Crippen LogP contribution in [0.4, 0.5) is 0 Å². The van der Waals surface area contributed by atoms with Gasteiger partial charge in [0.15, 0.2) is 9.84 Å². The van der Waals surface area contributed by atoms with Crippen LogP contribution in [0.3, 0.4) is 0 Å². The van der Waals surface area contributed by atoms with Gasteiger partial charge in [0.25, 0.3) is 0 Å². The second-order valence-corrected chi connectivity index (χ2v) is 7.72. The first-order valence-electron chi connectivity index (χ1n) is 5.66. The number of nitrogens with two attached hydrogens (primary N) is 1. The smallest absolute Gasteiger partial charge is 0.185 e. The maximum absolute atomic E-state index is 12.5. The van der Waals surface area contributed by atoms with Crippen LogP contribution in [-0.4, -0.2) is 19.7 Å². The molecule has 0 aromatic heterocycles. The fourth-order valence-corrected chi connectivity index (χ4v) is 3.26. The third-order valence-corrected chi connectivity index (χ3v) is 5.94. The minimum Gasteiger partial charge on any atom is -0.329 e. The largest absolute Gasteiger partial charge is 0.329 e. The van der Waals surface area contributed by atoms with Gasteiger partial charge >= 0.3 is 0 Å². The third-order valence-electron chi connectivity index (χ3n) is 3.30. The maximum Gasteiger partial charge on any atom is 0.185 e. The second-order valence-electron chi connectivity index (χ2n) is 5.17. The zero-order valence-electron chi connectivity index (χ0n) is 11.2. The molecule has 0 spiro atoms. The van der Waals surface area contributed by atoms with E-state index in [0.29, 0.717) is 4.90 Å². The summed E-state index contributed by atoms with van der Waals surface area (Å²) in [5, 5.41) is 0. The molecule has 2 N–H and O–H groups in total. The maximum atomic E-state index is 12.5. The van der Waals surface area contributed by atoms with Crippen molar-refractivity contribution < 1.29 is 8.42 Å². The van der Waals surface area contributed by atoms with Crippen molar-refractivity contribution in [2.24, 2.45) is 5.73 Å². The molecule has 0 atom stereocenters. The Kier molecular flexibility index (Phi) is 3.69. The fraction of sp³-hybridized carbons (Fsp3) is 0.538. The molecule has 1 rings (SSSR count). The van der Waals surface area contributed by atoms with E-state index < -0.39 is 14.6 Å². The van der Waals surface area contributed by atoms with Crippen molar-refractivity contribution in [2.45, 2.75) is 44.3 Å². The molecule has 0 saturated heterocycles. The van der Waals surface area contributed by atoms with E-state index in [1.165, 1.54) is 0 Å². The molecule has 0 aliphatic carbocycles. The van der Waals surface area contributed by atoms with Crippen LogP contribution in [0.25, 0.3) is 0 Å². The number of sulfone groups is 1. The lowest BCUT2D eigenvalue weighted by molar-refractivity contribution is 0.548. The third kappa shape index (κ3) is 2.38. The van der Waals surface area contributed by atoms with E-state index in [1.807, 2.05) is 26.8 Å². The van der Waals surface area contributed by atoms with Crippen LogP contribution in [0.1, 0.15) is 30.5 Å². The van der Waals surface area contributed by atoms with Crippen LogP contribution in [0, 0.1) is 20.8 Å². The summed E-state index contributed by atoms with van der Waals surface area (Å²) >= 11 is 0. The van der Waals surface area contributed by atoms with Gasteiger partial charge in [-0.1, -0.05) is 6.07 Å². The van der Waals surface area contributed by atoms with Crippen molar-refractivity contribution in [3.8, 4) is 0 Å². The second kappa shape index (κ2) is 4.42. The minimum absolute atomic E-state index is 0.113. The highest BCUT2D eigenvalue weighted by molar-refractivity contribution is 7.92. The van der Waals surface area contributed by atoms with Gasteiger partial charge in [-0.25, -0.2) is 8.42 Å². The van der Waals surface area contributed by atoms with Gasteiger partial charge in [-0.15, -0.1) is 0 Å². The molecular formula is C13H21NO2S. The highest BCUT2D eigenvalue weighted by Crippen LogP contribution is 2.28. The van der Waals surface area contributed by atoms with Crippen molar-refractivity contribution in [3.63, 3.8) is 0 Å². The predicted molar refractivity (Wildman–Crippen MR) is 71.0 cm³/mol. The molecule has 17 heavy (non-hydrogen) atoms. The van der Waals surface area contributed by atoms with Gasteiger partial charge in [0.2, 0.25) is 0 Å². The molecule has 1 aromatic rings. The Balaban J connectivity index is 3.50. The molecule has 0 radical (unpaired) electrons. The molecule has 0 aliphatic heterocycles. The van der Waals surface area contributed by atoms with Crippen molar-refractivity contribution >= 4 is 9.84 Å². The van der Waals surface area contributed by atoms with Crippen LogP contribution in [-0.2, 0) is 9.84 Å². The van der Waals surface area contributed by atoms with Crippen molar-refractivity contribution in [1.29, 1.82) is 0 Å². The average Bonchev–Trinajstić information content (AvgIpc) is 2.22. The van der Waals surface area contributed by atoms with Crippen LogP contribution < -0.4 is 5.73 Å². The molecular weight excluding hydrogens is 234 g/mol. The Morgan fingerprint density at radius 3 is 2.00 bits per heavy atom. The van der Waals surface area contributed by atoms with Gasteiger partial charge in [-0.2, -0.15) is 0 Å². The summed E-state index contributed by atoms with van der Waals surface area (Å²) in [4.78, 5) is 0.399. The zero-order valence-corrected chi connectivity index (χ0v) is 12.0. The van der Waals surface area contributed by atoms with Crippen LogP contribution in [0.5, 0.6) is 0 Å². The summed E-state index contributed by atoms with van der Waals surface area (Å²) < 4.78 is 24.0. The number of rotatable bonds is 3. The number of hydrogen-bond donors (Lipinski definition) is 1. The lowest BCUT2D eigenvalue weighted by Gasteiger charge is -2.24. The van der Waals surface area contributed by atoms with Crippen LogP contribution >= 0.6 is 0 Å². The molecule has 0 heterocycles. The topological polar surface area (TPSA) is 60.2 Å². The monoisotopic (exact) mass is 255 g/mol. The minimum atomic E-state index is -3.38. The summed E-state index contributed by atoms with van der Waals surface area (Å²) in [5.41, 5.74) is 8.45. The van der Waals surface area contributed by atoms with Crippen molar-refractivity contribution in [1.82, 2.24) is 0 Å². The molecule has 0 bridgehead atoms. The van der Waals surface area contributed by atoms with Gasteiger partial charge in [-0.05, 0) is 57.4 Å². The molecule has 0 unspecified atom stereocenters. The first kappa shape index (κ1) is 14.2.